The van der Waals surface area contributed by atoms with Crippen LogP contribution in [0.1, 0.15) is 22.7 Å². The largest absolute Gasteiger partial charge is 0.288 e. The monoisotopic (exact) mass is 477 g/mol. The Balaban J connectivity index is 1.63. The van der Waals surface area contributed by atoms with Crippen molar-refractivity contribution >= 4 is 40.5 Å². The van der Waals surface area contributed by atoms with Crippen molar-refractivity contribution in [2.45, 2.75) is 26.0 Å². The number of carbonyl (C=O) groups is 2. The maximum atomic E-state index is 13.7. The Labute approximate surface area is 200 Å². The summed E-state index contributed by atoms with van der Waals surface area (Å²) in [7, 11) is 0. The van der Waals surface area contributed by atoms with E-state index in [1.807, 2.05) is 32.0 Å². The van der Waals surface area contributed by atoms with Crippen molar-refractivity contribution in [1.82, 2.24) is 0 Å². The number of aryl methyl sites for hydroxylation is 2. The zero-order valence-electron chi connectivity index (χ0n) is 18.3. The maximum absolute atomic E-state index is 13.7. The molecule has 3 aromatic carbocycles. The highest BCUT2D eigenvalue weighted by Gasteiger charge is 2.60. The van der Waals surface area contributed by atoms with Gasteiger partial charge in [0.25, 0.3) is 11.6 Å². The third kappa shape index (κ3) is 3.43. The molecule has 0 aromatic heterocycles. The first-order valence-corrected chi connectivity index (χ1v) is 11.1. The quantitative estimate of drug-likeness (QED) is 0.301. The molecule has 0 radical (unpaired) electrons. The van der Waals surface area contributed by atoms with Crippen LogP contribution in [-0.2, 0) is 14.4 Å². The topological polar surface area (TPSA) is 93.0 Å². The molecule has 0 spiro atoms. The predicted octanol–water partition coefficient (Wildman–Crippen LogP) is 4.92. The average molecular weight is 478 g/mol. The molecule has 2 saturated heterocycles. The van der Waals surface area contributed by atoms with Gasteiger partial charge in [-0.2, -0.15) is 0 Å². The molecule has 2 amide bonds. The van der Waals surface area contributed by atoms with E-state index in [9.17, 15) is 19.7 Å². The molecular weight excluding hydrogens is 458 g/mol. The van der Waals surface area contributed by atoms with Crippen molar-refractivity contribution in [3.05, 3.63) is 98.6 Å². The summed E-state index contributed by atoms with van der Waals surface area (Å²) < 4.78 is 0. The second-order valence-electron chi connectivity index (χ2n) is 8.43. The summed E-state index contributed by atoms with van der Waals surface area (Å²) in [6.45, 7) is 3.78. The fraction of sp³-hybridized carbons (Fsp3) is 0.200. The summed E-state index contributed by atoms with van der Waals surface area (Å²) in [5.41, 5.74) is 3.11. The number of hydroxylamine groups is 1. The van der Waals surface area contributed by atoms with Crippen LogP contribution in [-0.4, -0.2) is 22.8 Å². The minimum Gasteiger partial charge on any atom is -0.273 e. The van der Waals surface area contributed by atoms with Crippen LogP contribution in [0.5, 0.6) is 0 Å². The number of anilines is 2. The molecule has 0 unspecified atom stereocenters. The minimum absolute atomic E-state index is 0.0128. The van der Waals surface area contributed by atoms with E-state index in [0.29, 0.717) is 16.9 Å². The molecule has 3 atom stereocenters. The maximum Gasteiger partial charge on any atom is 0.288 e. The number of para-hydroxylation sites is 1. The zero-order chi connectivity index (χ0) is 24.1. The van der Waals surface area contributed by atoms with Crippen molar-refractivity contribution < 1.29 is 19.3 Å². The molecule has 2 heterocycles. The number of amides is 2. The summed E-state index contributed by atoms with van der Waals surface area (Å²) >= 11 is 6.03. The van der Waals surface area contributed by atoms with E-state index in [-0.39, 0.29) is 10.7 Å². The van der Waals surface area contributed by atoms with Gasteiger partial charge < -0.3 is 0 Å². The lowest BCUT2D eigenvalue weighted by Gasteiger charge is -2.29. The molecule has 5 rings (SSSR count). The average Bonchev–Trinajstić information content (AvgIpc) is 3.31. The fourth-order valence-corrected chi connectivity index (χ4v) is 4.89. The molecule has 2 fully saturated rings. The second-order valence-corrected chi connectivity index (χ2v) is 8.83. The minimum atomic E-state index is -1.06. The Morgan fingerprint density at radius 3 is 2.38 bits per heavy atom. The van der Waals surface area contributed by atoms with Gasteiger partial charge in [0, 0.05) is 6.07 Å². The first kappa shape index (κ1) is 22.1. The molecular formula is C25H20ClN3O5. The Morgan fingerprint density at radius 1 is 0.971 bits per heavy atom. The fourth-order valence-electron chi connectivity index (χ4n) is 4.70. The standard InChI is InChI=1S/C25H20ClN3O5/c1-14-8-11-19(15(2)12-14)27-24(30)21-22(16-9-10-18(26)20(13-16)29(32)33)28(34-23(21)25(27)31)17-6-4-3-5-7-17/h3-13,21-23H,1-2H3/t21-,22+,23+/m1/s1. The number of carbonyl (C=O) groups excluding carboxylic acids is 2. The zero-order valence-corrected chi connectivity index (χ0v) is 19.1. The first-order chi connectivity index (χ1) is 16.3. The number of nitro groups is 1. The third-order valence-electron chi connectivity index (χ3n) is 6.23. The van der Waals surface area contributed by atoms with Crippen LogP contribution in [0, 0.1) is 29.9 Å². The number of fused-ring (bicyclic) bond motifs is 1. The van der Waals surface area contributed by atoms with Gasteiger partial charge in [0.2, 0.25) is 5.91 Å². The van der Waals surface area contributed by atoms with Crippen molar-refractivity contribution in [1.29, 1.82) is 0 Å². The van der Waals surface area contributed by atoms with Crippen molar-refractivity contribution in [2.24, 2.45) is 5.92 Å². The van der Waals surface area contributed by atoms with E-state index in [1.54, 1.807) is 36.4 Å². The Hall–Kier alpha value is -3.75. The third-order valence-corrected chi connectivity index (χ3v) is 6.55. The summed E-state index contributed by atoms with van der Waals surface area (Å²) in [5, 5.41) is 13.0. The molecule has 9 heteroatoms. The van der Waals surface area contributed by atoms with Crippen LogP contribution in [0.15, 0.2) is 66.7 Å². The first-order valence-electron chi connectivity index (χ1n) is 10.7. The highest BCUT2D eigenvalue weighted by Crippen LogP contribution is 2.48. The number of halogens is 1. The highest BCUT2D eigenvalue weighted by molar-refractivity contribution is 6.32. The number of rotatable bonds is 4. The number of nitrogens with zero attached hydrogens (tertiary/aromatic N) is 3. The number of benzene rings is 3. The lowest BCUT2D eigenvalue weighted by Crippen LogP contribution is -2.37. The summed E-state index contributed by atoms with van der Waals surface area (Å²) in [4.78, 5) is 45.4. The van der Waals surface area contributed by atoms with Gasteiger partial charge in [-0.3, -0.25) is 24.5 Å². The van der Waals surface area contributed by atoms with Gasteiger partial charge in [0.15, 0.2) is 6.10 Å². The van der Waals surface area contributed by atoms with E-state index >= 15 is 0 Å². The number of hydrogen-bond acceptors (Lipinski definition) is 6. The van der Waals surface area contributed by atoms with Crippen molar-refractivity contribution in [2.75, 3.05) is 9.96 Å². The van der Waals surface area contributed by atoms with Crippen LogP contribution >= 0.6 is 11.6 Å². The van der Waals surface area contributed by atoms with Crippen LogP contribution in [0.4, 0.5) is 17.1 Å². The Bertz CT molecular complexity index is 1330. The number of hydrogen-bond donors (Lipinski definition) is 0. The van der Waals surface area contributed by atoms with Crippen LogP contribution < -0.4 is 9.96 Å². The number of nitro benzene ring substituents is 1. The molecule has 0 bridgehead atoms. The van der Waals surface area contributed by atoms with Crippen LogP contribution in [0.3, 0.4) is 0 Å². The predicted molar refractivity (Wildman–Crippen MR) is 127 cm³/mol. The van der Waals surface area contributed by atoms with E-state index in [0.717, 1.165) is 11.1 Å². The molecule has 0 aliphatic carbocycles. The van der Waals surface area contributed by atoms with Gasteiger partial charge in [0.05, 0.1) is 22.3 Å². The van der Waals surface area contributed by atoms with Crippen molar-refractivity contribution in [3.63, 3.8) is 0 Å². The van der Waals surface area contributed by atoms with Gasteiger partial charge in [-0.1, -0.05) is 53.6 Å². The van der Waals surface area contributed by atoms with Gasteiger partial charge in [-0.15, -0.1) is 0 Å². The second kappa shape index (κ2) is 8.23. The van der Waals surface area contributed by atoms with Gasteiger partial charge in [-0.05, 0) is 49.2 Å². The SMILES string of the molecule is Cc1ccc(N2C(=O)[C@H]3[C@H](ON(c4ccccc4)[C@H]3c3ccc(Cl)c([N+](=O)[O-])c3)C2=O)c(C)c1. The Kier molecular flexibility index (Phi) is 5.34. The lowest BCUT2D eigenvalue weighted by molar-refractivity contribution is -0.384. The smallest absolute Gasteiger partial charge is 0.273 e. The van der Waals surface area contributed by atoms with Crippen LogP contribution in [0.25, 0.3) is 0 Å². The van der Waals surface area contributed by atoms with Gasteiger partial charge in [-0.25, -0.2) is 9.96 Å². The van der Waals surface area contributed by atoms with E-state index < -0.39 is 34.8 Å². The van der Waals surface area contributed by atoms with E-state index in [4.69, 9.17) is 16.4 Å². The van der Waals surface area contributed by atoms with Gasteiger partial charge in [0.1, 0.15) is 10.9 Å². The lowest BCUT2D eigenvalue weighted by atomic mass is 9.90. The molecule has 3 aromatic rings. The van der Waals surface area contributed by atoms with Gasteiger partial charge >= 0.3 is 0 Å². The molecule has 172 valence electrons. The summed E-state index contributed by atoms with van der Waals surface area (Å²) in [6, 6.07) is 18.1. The molecule has 0 saturated carbocycles. The summed E-state index contributed by atoms with van der Waals surface area (Å²) in [5.74, 6) is -1.77. The highest BCUT2D eigenvalue weighted by atomic mass is 35.5. The summed E-state index contributed by atoms with van der Waals surface area (Å²) in [6.07, 6.45) is -1.06. The van der Waals surface area contributed by atoms with E-state index in [1.165, 1.54) is 22.1 Å². The Morgan fingerprint density at radius 2 is 1.71 bits per heavy atom. The normalized spacial score (nSPS) is 21.8. The van der Waals surface area contributed by atoms with E-state index in [2.05, 4.69) is 0 Å². The van der Waals surface area contributed by atoms with Crippen LogP contribution in [0.2, 0.25) is 5.02 Å². The molecule has 8 nitrogen and oxygen atoms in total. The van der Waals surface area contributed by atoms with Crippen molar-refractivity contribution in [3.8, 4) is 0 Å². The molecule has 2 aliphatic heterocycles. The molecule has 2 aliphatic rings. The molecule has 0 N–H and O–H groups in total. The molecule has 34 heavy (non-hydrogen) atoms. The number of imide groups is 1.